The fraction of sp³-hybridized carbons (Fsp3) is 0.182. The van der Waals surface area contributed by atoms with Crippen molar-refractivity contribution >= 4 is 17.4 Å². The summed E-state index contributed by atoms with van der Waals surface area (Å²) in [4.78, 5) is 22.2. The van der Waals surface area contributed by atoms with E-state index in [1.807, 2.05) is 0 Å². The van der Waals surface area contributed by atoms with Crippen molar-refractivity contribution < 1.29 is 9.59 Å². The fourth-order valence-electron chi connectivity index (χ4n) is 1.45. The SMILES string of the molecule is CC(=O)CC(=O)Nc1cccc(-c2nn[nH]n2)c1. The second kappa shape index (κ2) is 5.17. The number of amides is 1. The predicted molar refractivity (Wildman–Crippen MR) is 63.5 cm³/mol. The Morgan fingerprint density at radius 3 is 2.89 bits per heavy atom. The van der Waals surface area contributed by atoms with Crippen LogP contribution in [0.4, 0.5) is 5.69 Å². The summed E-state index contributed by atoms with van der Waals surface area (Å²) in [5, 5.41) is 16.1. The van der Waals surface area contributed by atoms with Gasteiger partial charge in [-0.3, -0.25) is 9.59 Å². The molecule has 0 radical (unpaired) electrons. The number of anilines is 1. The average molecular weight is 245 g/mol. The molecule has 2 N–H and O–H groups in total. The van der Waals surface area contributed by atoms with Crippen molar-refractivity contribution in [2.45, 2.75) is 13.3 Å². The van der Waals surface area contributed by atoms with Gasteiger partial charge in [-0.2, -0.15) is 5.21 Å². The molecule has 2 rings (SSSR count). The molecule has 0 atom stereocenters. The first kappa shape index (κ1) is 11.9. The number of aromatic nitrogens is 4. The van der Waals surface area contributed by atoms with Crippen LogP contribution in [0.1, 0.15) is 13.3 Å². The summed E-state index contributed by atoms with van der Waals surface area (Å²) in [5.41, 5.74) is 1.31. The second-order valence-corrected chi connectivity index (χ2v) is 3.74. The van der Waals surface area contributed by atoms with E-state index < -0.39 is 0 Å². The Balaban J connectivity index is 2.13. The Labute approximate surface area is 103 Å². The number of ketones is 1. The molecule has 1 aromatic carbocycles. The van der Waals surface area contributed by atoms with Gasteiger partial charge in [0.25, 0.3) is 0 Å². The molecule has 1 heterocycles. The fourth-order valence-corrected chi connectivity index (χ4v) is 1.45. The van der Waals surface area contributed by atoms with Crippen molar-refractivity contribution in [3.05, 3.63) is 24.3 Å². The number of nitrogens with one attached hydrogen (secondary N) is 2. The van der Waals surface area contributed by atoms with Gasteiger partial charge in [0.2, 0.25) is 11.7 Å². The number of Topliss-reactive ketones (excluding diaryl/α,β-unsaturated/α-hetero) is 1. The third-order valence-corrected chi connectivity index (χ3v) is 2.16. The number of hydrogen-bond donors (Lipinski definition) is 2. The van der Waals surface area contributed by atoms with Gasteiger partial charge in [-0.15, -0.1) is 10.2 Å². The van der Waals surface area contributed by atoms with E-state index in [-0.39, 0.29) is 18.1 Å². The minimum absolute atomic E-state index is 0.133. The molecule has 0 fully saturated rings. The van der Waals surface area contributed by atoms with Gasteiger partial charge in [0.05, 0.1) is 6.42 Å². The van der Waals surface area contributed by atoms with Crippen molar-refractivity contribution in [2.75, 3.05) is 5.32 Å². The molecule has 2 aromatic rings. The molecule has 0 aliphatic carbocycles. The van der Waals surface area contributed by atoms with Gasteiger partial charge in [-0.25, -0.2) is 0 Å². The van der Waals surface area contributed by atoms with E-state index in [2.05, 4.69) is 25.9 Å². The highest BCUT2D eigenvalue weighted by atomic mass is 16.2. The molecule has 0 spiro atoms. The molecule has 18 heavy (non-hydrogen) atoms. The maximum absolute atomic E-state index is 11.4. The van der Waals surface area contributed by atoms with Crippen LogP contribution >= 0.6 is 0 Å². The molecule has 0 unspecified atom stereocenters. The number of aromatic amines is 1. The lowest BCUT2D eigenvalue weighted by Crippen LogP contribution is -2.14. The van der Waals surface area contributed by atoms with Gasteiger partial charge in [-0.1, -0.05) is 12.1 Å². The smallest absolute Gasteiger partial charge is 0.231 e. The number of rotatable bonds is 4. The molecular formula is C11H11N5O2. The third-order valence-electron chi connectivity index (χ3n) is 2.16. The molecule has 7 nitrogen and oxygen atoms in total. The van der Waals surface area contributed by atoms with Crippen LogP contribution in [0, 0.1) is 0 Å². The number of hydrogen-bond acceptors (Lipinski definition) is 5. The van der Waals surface area contributed by atoms with Crippen LogP contribution in [0.2, 0.25) is 0 Å². The largest absolute Gasteiger partial charge is 0.326 e. The monoisotopic (exact) mass is 245 g/mol. The van der Waals surface area contributed by atoms with Gasteiger partial charge in [0.1, 0.15) is 5.78 Å². The Kier molecular flexibility index (Phi) is 3.42. The number of H-pyrrole nitrogens is 1. The molecule has 0 aliphatic rings. The summed E-state index contributed by atoms with van der Waals surface area (Å²) in [5.74, 6) is -0.0766. The highest BCUT2D eigenvalue weighted by Gasteiger charge is 2.07. The first-order valence-electron chi connectivity index (χ1n) is 5.28. The molecule has 0 aliphatic heterocycles. The molecule has 1 aromatic heterocycles. The summed E-state index contributed by atoms with van der Waals surface area (Å²) in [7, 11) is 0. The van der Waals surface area contributed by atoms with Crippen molar-refractivity contribution in [3.63, 3.8) is 0 Å². The summed E-state index contributed by atoms with van der Waals surface area (Å²) in [6.07, 6.45) is -0.133. The number of benzene rings is 1. The number of nitrogens with zero attached hydrogens (tertiary/aromatic N) is 3. The standard InChI is InChI=1S/C11H11N5O2/c1-7(17)5-10(18)12-9-4-2-3-8(6-9)11-13-15-16-14-11/h2-4,6H,5H2,1H3,(H,12,18)(H,13,14,15,16). The van der Waals surface area contributed by atoms with E-state index in [9.17, 15) is 9.59 Å². The Morgan fingerprint density at radius 2 is 2.22 bits per heavy atom. The average Bonchev–Trinajstić information content (AvgIpc) is 2.81. The van der Waals surface area contributed by atoms with E-state index in [4.69, 9.17) is 0 Å². The van der Waals surface area contributed by atoms with E-state index in [0.29, 0.717) is 11.5 Å². The zero-order chi connectivity index (χ0) is 13.0. The quantitative estimate of drug-likeness (QED) is 0.775. The van der Waals surface area contributed by atoms with E-state index in [1.54, 1.807) is 24.3 Å². The van der Waals surface area contributed by atoms with Crippen molar-refractivity contribution in [3.8, 4) is 11.4 Å². The van der Waals surface area contributed by atoms with E-state index in [1.165, 1.54) is 6.92 Å². The number of carbonyl (C=O) groups is 2. The second-order valence-electron chi connectivity index (χ2n) is 3.74. The van der Waals surface area contributed by atoms with Gasteiger partial charge in [0.15, 0.2) is 0 Å². The Morgan fingerprint density at radius 1 is 1.39 bits per heavy atom. The van der Waals surface area contributed by atoms with Gasteiger partial charge in [-0.05, 0) is 24.3 Å². The molecule has 92 valence electrons. The van der Waals surface area contributed by atoms with Crippen LogP contribution in [-0.2, 0) is 9.59 Å². The molecule has 0 saturated carbocycles. The third kappa shape index (κ3) is 2.97. The predicted octanol–water partition coefficient (Wildman–Crippen LogP) is 0.784. The minimum Gasteiger partial charge on any atom is -0.326 e. The highest BCUT2D eigenvalue weighted by molar-refractivity contribution is 6.03. The van der Waals surface area contributed by atoms with Crippen molar-refractivity contribution in [1.29, 1.82) is 0 Å². The van der Waals surface area contributed by atoms with Gasteiger partial charge < -0.3 is 5.32 Å². The lowest BCUT2D eigenvalue weighted by molar-refractivity contribution is -0.124. The van der Waals surface area contributed by atoms with E-state index in [0.717, 1.165) is 5.56 Å². The molecule has 1 amide bonds. The van der Waals surface area contributed by atoms with Crippen molar-refractivity contribution in [1.82, 2.24) is 20.6 Å². The number of tetrazole rings is 1. The molecule has 0 saturated heterocycles. The van der Waals surface area contributed by atoms with Crippen LogP contribution in [0.15, 0.2) is 24.3 Å². The van der Waals surface area contributed by atoms with Gasteiger partial charge >= 0.3 is 0 Å². The first-order chi connectivity index (χ1) is 8.65. The summed E-state index contributed by atoms with van der Waals surface area (Å²) >= 11 is 0. The molecular weight excluding hydrogens is 234 g/mol. The van der Waals surface area contributed by atoms with Crippen LogP contribution in [0.3, 0.4) is 0 Å². The zero-order valence-electron chi connectivity index (χ0n) is 9.67. The zero-order valence-corrected chi connectivity index (χ0v) is 9.67. The minimum atomic E-state index is -0.340. The molecule has 0 bridgehead atoms. The topological polar surface area (TPSA) is 101 Å². The van der Waals surface area contributed by atoms with Crippen LogP contribution in [0.25, 0.3) is 11.4 Å². The Bertz CT molecular complexity index is 565. The lowest BCUT2D eigenvalue weighted by Gasteiger charge is -2.04. The first-order valence-corrected chi connectivity index (χ1v) is 5.28. The van der Waals surface area contributed by atoms with Crippen LogP contribution in [-0.4, -0.2) is 32.3 Å². The highest BCUT2D eigenvalue weighted by Crippen LogP contribution is 2.18. The Hall–Kier alpha value is -2.57. The van der Waals surface area contributed by atoms with Crippen LogP contribution in [0.5, 0.6) is 0 Å². The number of carbonyl (C=O) groups excluding carboxylic acids is 2. The summed E-state index contributed by atoms with van der Waals surface area (Å²) < 4.78 is 0. The molecule has 7 heteroatoms. The maximum atomic E-state index is 11.4. The maximum Gasteiger partial charge on any atom is 0.231 e. The normalized spacial score (nSPS) is 10.1. The van der Waals surface area contributed by atoms with Crippen LogP contribution < -0.4 is 5.32 Å². The van der Waals surface area contributed by atoms with E-state index >= 15 is 0 Å². The lowest BCUT2D eigenvalue weighted by atomic mass is 10.2. The summed E-state index contributed by atoms with van der Waals surface area (Å²) in [6, 6.07) is 6.99. The van der Waals surface area contributed by atoms with Gasteiger partial charge in [0, 0.05) is 11.3 Å². The van der Waals surface area contributed by atoms with Crippen molar-refractivity contribution in [2.24, 2.45) is 0 Å². The summed E-state index contributed by atoms with van der Waals surface area (Å²) in [6.45, 7) is 1.37.